The number of rotatable bonds is 5. The molecule has 2 aromatic rings. The van der Waals surface area contributed by atoms with Gasteiger partial charge >= 0.3 is 0 Å². The van der Waals surface area contributed by atoms with Crippen molar-refractivity contribution in [3.63, 3.8) is 0 Å². The number of hydrogen-bond acceptors (Lipinski definition) is 2. The van der Waals surface area contributed by atoms with E-state index in [9.17, 15) is 5.11 Å². The Bertz CT molecular complexity index is 519. The standard InChI is InChI=1S/C17H21NO/c1-13-5-3-4-6-17(13)18-14(2)7-8-15-9-11-16(19)12-10-15/h3-6,9-12,14,18-19H,7-8H2,1-2H3. The molecule has 0 heterocycles. The van der Waals surface area contributed by atoms with Crippen molar-refractivity contribution in [2.45, 2.75) is 32.7 Å². The monoisotopic (exact) mass is 255 g/mol. The van der Waals surface area contributed by atoms with Gasteiger partial charge in [0.15, 0.2) is 0 Å². The Morgan fingerprint density at radius 1 is 1.05 bits per heavy atom. The Morgan fingerprint density at radius 2 is 1.74 bits per heavy atom. The fourth-order valence-electron chi connectivity index (χ4n) is 2.12. The molecule has 2 heteroatoms. The van der Waals surface area contributed by atoms with Crippen molar-refractivity contribution in [2.75, 3.05) is 5.32 Å². The van der Waals surface area contributed by atoms with Crippen LogP contribution in [-0.2, 0) is 6.42 Å². The average molecular weight is 255 g/mol. The highest BCUT2D eigenvalue weighted by Crippen LogP contribution is 2.17. The van der Waals surface area contributed by atoms with Crippen LogP contribution in [0.1, 0.15) is 24.5 Å². The number of phenols is 1. The molecule has 0 radical (unpaired) electrons. The van der Waals surface area contributed by atoms with Crippen LogP contribution in [0.3, 0.4) is 0 Å². The van der Waals surface area contributed by atoms with Crippen LogP contribution in [-0.4, -0.2) is 11.1 Å². The maximum atomic E-state index is 9.25. The number of aromatic hydroxyl groups is 1. The number of hydrogen-bond donors (Lipinski definition) is 2. The molecule has 2 rings (SSSR count). The summed E-state index contributed by atoms with van der Waals surface area (Å²) in [5.74, 6) is 0.329. The predicted molar refractivity (Wildman–Crippen MR) is 80.7 cm³/mol. The van der Waals surface area contributed by atoms with Crippen LogP contribution in [0.5, 0.6) is 5.75 Å². The summed E-state index contributed by atoms with van der Waals surface area (Å²) in [5, 5.41) is 12.8. The Kier molecular flexibility index (Phi) is 4.45. The average Bonchev–Trinajstić information content (AvgIpc) is 2.41. The van der Waals surface area contributed by atoms with Gasteiger partial charge in [-0.05, 0) is 56.0 Å². The van der Waals surface area contributed by atoms with Gasteiger partial charge in [-0.15, -0.1) is 0 Å². The SMILES string of the molecule is Cc1ccccc1NC(C)CCc1ccc(O)cc1. The van der Waals surface area contributed by atoms with Gasteiger partial charge in [-0.1, -0.05) is 30.3 Å². The molecule has 0 aromatic heterocycles. The van der Waals surface area contributed by atoms with E-state index in [-0.39, 0.29) is 0 Å². The lowest BCUT2D eigenvalue weighted by atomic mass is 10.1. The highest BCUT2D eigenvalue weighted by atomic mass is 16.3. The molecule has 1 unspecified atom stereocenters. The number of para-hydroxylation sites is 1. The molecule has 0 saturated carbocycles. The molecule has 0 saturated heterocycles. The van der Waals surface area contributed by atoms with E-state index < -0.39 is 0 Å². The van der Waals surface area contributed by atoms with Gasteiger partial charge in [-0.3, -0.25) is 0 Å². The second-order valence-corrected chi connectivity index (χ2v) is 5.07. The van der Waals surface area contributed by atoms with Gasteiger partial charge in [0.2, 0.25) is 0 Å². The summed E-state index contributed by atoms with van der Waals surface area (Å²) in [6.45, 7) is 4.32. The van der Waals surface area contributed by atoms with E-state index in [0.29, 0.717) is 11.8 Å². The lowest BCUT2D eigenvalue weighted by molar-refractivity contribution is 0.475. The third-order valence-electron chi connectivity index (χ3n) is 3.35. The number of anilines is 1. The van der Waals surface area contributed by atoms with Crippen molar-refractivity contribution in [3.05, 3.63) is 59.7 Å². The van der Waals surface area contributed by atoms with Gasteiger partial charge in [0.25, 0.3) is 0 Å². The van der Waals surface area contributed by atoms with E-state index in [1.165, 1.54) is 16.8 Å². The van der Waals surface area contributed by atoms with Crippen molar-refractivity contribution in [1.29, 1.82) is 0 Å². The Hall–Kier alpha value is -1.96. The van der Waals surface area contributed by atoms with Crippen molar-refractivity contribution in [3.8, 4) is 5.75 Å². The minimum absolute atomic E-state index is 0.329. The lowest BCUT2D eigenvalue weighted by Crippen LogP contribution is -2.16. The van der Waals surface area contributed by atoms with Crippen LogP contribution in [0.2, 0.25) is 0 Å². The first-order chi connectivity index (χ1) is 9.15. The van der Waals surface area contributed by atoms with Crippen molar-refractivity contribution in [2.24, 2.45) is 0 Å². The number of nitrogens with one attached hydrogen (secondary N) is 1. The van der Waals surface area contributed by atoms with E-state index in [4.69, 9.17) is 0 Å². The fourth-order valence-corrected chi connectivity index (χ4v) is 2.12. The van der Waals surface area contributed by atoms with Crippen molar-refractivity contribution < 1.29 is 5.11 Å². The molecule has 0 aliphatic rings. The van der Waals surface area contributed by atoms with Crippen molar-refractivity contribution in [1.82, 2.24) is 0 Å². The Morgan fingerprint density at radius 3 is 2.42 bits per heavy atom. The summed E-state index contributed by atoms with van der Waals surface area (Å²) >= 11 is 0. The predicted octanol–water partition coefficient (Wildman–Crippen LogP) is 4.13. The van der Waals surface area contributed by atoms with Crippen LogP contribution in [0.15, 0.2) is 48.5 Å². The van der Waals surface area contributed by atoms with Gasteiger partial charge in [-0.2, -0.15) is 0 Å². The summed E-state index contributed by atoms with van der Waals surface area (Å²) in [7, 11) is 0. The van der Waals surface area contributed by atoms with Crippen LogP contribution in [0.4, 0.5) is 5.69 Å². The smallest absolute Gasteiger partial charge is 0.115 e. The Labute approximate surface area is 115 Å². The quantitative estimate of drug-likeness (QED) is 0.841. The summed E-state index contributed by atoms with van der Waals surface area (Å²) < 4.78 is 0. The minimum Gasteiger partial charge on any atom is -0.508 e. The molecule has 0 spiro atoms. The molecule has 2 nitrogen and oxygen atoms in total. The van der Waals surface area contributed by atoms with Gasteiger partial charge in [0.05, 0.1) is 0 Å². The second-order valence-electron chi connectivity index (χ2n) is 5.07. The summed E-state index contributed by atoms with van der Waals surface area (Å²) in [6.07, 6.45) is 2.08. The molecule has 0 amide bonds. The van der Waals surface area contributed by atoms with Crippen LogP contribution >= 0.6 is 0 Å². The van der Waals surface area contributed by atoms with Crippen molar-refractivity contribution >= 4 is 5.69 Å². The topological polar surface area (TPSA) is 32.3 Å². The molecular weight excluding hydrogens is 234 g/mol. The maximum Gasteiger partial charge on any atom is 0.115 e. The largest absolute Gasteiger partial charge is 0.508 e. The molecule has 100 valence electrons. The first-order valence-corrected chi connectivity index (χ1v) is 6.75. The molecule has 1 atom stereocenters. The van der Waals surface area contributed by atoms with Gasteiger partial charge in [-0.25, -0.2) is 0 Å². The van der Waals surface area contributed by atoms with Gasteiger partial charge in [0, 0.05) is 11.7 Å². The van der Waals surface area contributed by atoms with Gasteiger partial charge < -0.3 is 10.4 Å². The van der Waals surface area contributed by atoms with E-state index in [0.717, 1.165) is 12.8 Å². The molecule has 0 bridgehead atoms. The second kappa shape index (κ2) is 6.28. The molecular formula is C17H21NO. The normalized spacial score (nSPS) is 12.1. The van der Waals surface area contributed by atoms with E-state index in [1.807, 2.05) is 12.1 Å². The molecule has 0 aliphatic heterocycles. The van der Waals surface area contributed by atoms with Crippen LogP contribution in [0, 0.1) is 6.92 Å². The highest BCUT2D eigenvalue weighted by molar-refractivity contribution is 5.50. The van der Waals surface area contributed by atoms with E-state index in [1.54, 1.807) is 12.1 Å². The zero-order valence-electron chi connectivity index (χ0n) is 11.6. The molecule has 2 N–H and O–H groups in total. The third-order valence-corrected chi connectivity index (χ3v) is 3.35. The van der Waals surface area contributed by atoms with E-state index >= 15 is 0 Å². The zero-order valence-corrected chi connectivity index (χ0v) is 11.6. The highest BCUT2D eigenvalue weighted by Gasteiger charge is 2.04. The summed E-state index contributed by atoms with van der Waals surface area (Å²) in [4.78, 5) is 0. The summed E-state index contributed by atoms with van der Waals surface area (Å²) in [5.41, 5.74) is 3.75. The lowest BCUT2D eigenvalue weighted by Gasteiger charge is -2.17. The van der Waals surface area contributed by atoms with Crippen LogP contribution in [0.25, 0.3) is 0 Å². The zero-order chi connectivity index (χ0) is 13.7. The number of benzene rings is 2. The first-order valence-electron chi connectivity index (χ1n) is 6.75. The molecule has 2 aromatic carbocycles. The molecule has 19 heavy (non-hydrogen) atoms. The summed E-state index contributed by atoms with van der Waals surface area (Å²) in [6, 6.07) is 16.2. The minimum atomic E-state index is 0.329. The molecule has 0 aliphatic carbocycles. The van der Waals surface area contributed by atoms with Crippen LogP contribution < -0.4 is 5.32 Å². The van der Waals surface area contributed by atoms with E-state index in [2.05, 4.69) is 43.4 Å². The number of phenolic OH excluding ortho intramolecular Hbond substituents is 1. The third kappa shape index (κ3) is 4.02. The number of aryl methyl sites for hydroxylation is 2. The maximum absolute atomic E-state index is 9.25. The Balaban J connectivity index is 1.86. The van der Waals surface area contributed by atoms with Gasteiger partial charge in [0.1, 0.15) is 5.75 Å². The first kappa shape index (κ1) is 13.5. The molecule has 0 fully saturated rings. The fraction of sp³-hybridized carbons (Fsp3) is 0.294.